The molecule has 17 nitrogen and oxygen atoms in total. The van der Waals surface area contributed by atoms with E-state index in [9.17, 15) is 0 Å². The van der Waals surface area contributed by atoms with Crippen LogP contribution in [0, 0.1) is 95.3 Å². The monoisotopic (exact) mass is 429 g/mol. The van der Waals surface area contributed by atoms with E-state index in [0.29, 0.717) is 0 Å². The molecule has 0 aliphatic heterocycles. The first-order chi connectivity index (χ1) is 5.20. The van der Waals surface area contributed by atoms with Crippen LogP contribution in [0.15, 0.2) is 0 Å². The van der Waals surface area contributed by atoms with Crippen molar-refractivity contribution in [3.8, 4) is 0 Å². The normalized spacial score (nSPS) is 4.00. The summed E-state index contributed by atoms with van der Waals surface area (Å²) in [5.41, 5.74) is 0. The molecule has 0 aromatic rings. The van der Waals surface area contributed by atoms with E-state index in [1.165, 1.54) is 0 Å². The molecule has 0 spiro atoms. The third-order valence-corrected chi connectivity index (χ3v) is 0. The molecule has 0 aliphatic rings. The van der Waals surface area contributed by atoms with Crippen LogP contribution in [0.3, 0.4) is 0 Å². The summed E-state index contributed by atoms with van der Waals surface area (Å²) in [5.74, 6) is 0. The minimum Gasteiger partial charge on any atom is -0.412 e. The SMILES string of the molecule is O.O.O.O.O.O=[N+]([O-])[O-].O=[N+]([O-])[O-].O=[N+]([O-])[O-].[Eu+3]. The van der Waals surface area contributed by atoms with Crippen LogP contribution in [0.25, 0.3) is 0 Å². The van der Waals surface area contributed by atoms with Gasteiger partial charge in [0.25, 0.3) is 0 Å². The third-order valence-electron chi connectivity index (χ3n) is 0. The van der Waals surface area contributed by atoms with Crippen molar-refractivity contribution in [2.45, 2.75) is 0 Å². The van der Waals surface area contributed by atoms with Gasteiger partial charge >= 0.3 is 49.4 Å². The molecule has 0 rings (SSSR count). The fourth-order valence-electron chi connectivity index (χ4n) is 0. The van der Waals surface area contributed by atoms with Gasteiger partial charge in [-0.25, -0.2) is 0 Å². The summed E-state index contributed by atoms with van der Waals surface area (Å²) in [6.45, 7) is 0. The Hall–Kier alpha value is -1.02. The second-order valence-electron chi connectivity index (χ2n) is 0.671. The minimum absolute atomic E-state index is 0. The summed E-state index contributed by atoms with van der Waals surface area (Å²) in [7, 11) is 0. The zero-order valence-corrected chi connectivity index (χ0v) is 10.3. The molecule has 0 aliphatic carbocycles. The van der Waals surface area contributed by atoms with Crippen molar-refractivity contribution in [1.82, 2.24) is 0 Å². The Morgan fingerprint density at radius 2 is 0.444 bits per heavy atom. The van der Waals surface area contributed by atoms with Crippen LogP contribution in [0.2, 0.25) is 0 Å². The molecule has 0 atom stereocenters. The maximum absolute atomic E-state index is 8.25. The summed E-state index contributed by atoms with van der Waals surface area (Å²) in [6.07, 6.45) is 0. The molecule has 18 heteroatoms. The van der Waals surface area contributed by atoms with Gasteiger partial charge in [0.05, 0.1) is 15.3 Å². The zero-order chi connectivity index (χ0) is 10.7. The Kier molecular flexibility index (Phi) is 213. The van der Waals surface area contributed by atoms with Crippen molar-refractivity contribution in [3.63, 3.8) is 0 Å². The molecule has 0 bridgehead atoms. The van der Waals surface area contributed by atoms with Gasteiger partial charge in [0.2, 0.25) is 0 Å². The second-order valence-corrected chi connectivity index (χ2v) is 0.671. The van der Waals surface area contributed by atoms with Crippen LogP contribution in [0.1, 0.15) is 0 Å². The van der Waals surface area contributed by atoms with Gasteiger partial charge in [-0.15, -0.1) is 0 Å². The van der Waals surface area contributed by atoms with Crippen molar-refractivity contribution < 1.29 is 92.0 Å². The minimum atomic E-state index is -1.75. The molecule has 0 saturated carbocycles. The van der Waals surface area contributed by atoms with Crippen LogP contribution >= 0.6 is 0 Å². The molecule has 0 unspecified atom stereocenters. The molecule has 116 valence electrons. The van der Waals surface area contributed by atoms with Gasteiger partial charge in [-0.2, -0.15) is 0 Å². The largest absolute Gasteiger partial charge is 3.00 e. The topological polar surface area (TPSA) is 356 Å². The van der Waals surface area contributed by atoms with Crippen LogP contribution in [-0.2, 0) is 0 Å². The van der Waals surface area contributed by atoms with Gasteiger partial charge in [-0.3, -0.25) is 0 Å². The molecule has 0 heterocycles. The van der Waals surface area contributed by atoms with Crippen molar-refractivity contribution in [3.05, 3.63) is 46.0 Å². The van der Waals surface area contributed by atoms with E-state index in [0.717, 1.165) is 0 Å². The molecule has 0 amide bonds. The fourth-order valence-corrected chi connectivity index (χ4v) is 0. The second kappa shape index (κ2) is 56.3. The van der Waals surface area contributed by atoms with E-state index in [-0.39, 0.29) is 76.8 Å². The maximum Gasteiger partial charge on any atom is 3.00 e. The number of rotatable bonds is 0. The van der Waals surface area contributed by atoms with E-state index < -0.39 is 15.3 Å². The van der Waals surface area contributed by atoms with Crippen molar-refractivity contribution in [2.24, 2.45) is 0 Å². The smallest absolute Gasteiger partial charge is 0.412 e. The van der Waals surface area contributed by atoms with Crippen molar-refractivity contribution >= 4 is 0 Å². The van der Waals surface area contributed by atoms with E-state index in [1.54, 1.807) is 0 Å². The standard InChI is InChI=1S/Eu.3NO3.5H2O/c;3*2-1(3)4;;;;;/h;;;;5*1H2/q+3;3*-1;;;;;. The predicted molar refractivity (Wildman–Crippen MR) is 49.2 cm³/mol. The number of hydrogen-bond donors (Lipinski definition) is 0. The third kappa shape index (κ3) is 2840. The molecule has 0 fully saturated rings. The van der Waals surface area contributed by atoms with E-state index >= 15 is 0 Å². The summed E-state index contributed by atoms with van der Waals surface area (Å²) in [4.78, 5) is 24.8. The first-order valence-corrected chi connectivity index (χ1v) is 1.64. The summed E-state index contributed by atoms with van der Waals surface area (Å²) in [6, 6.07) is 0. The van der Waals surface area contributed by atoms with Crippen LogP contribution in [0.5, 0.6) is 0 Å². The van der Waals surface area contributed by atoms with E-state index in [1.807, 2.05) is 0 Å². The summed E-state index contributed by atoms with van der Waals surface area (Å²) in [5, 5.41) is 44.2. The van der Waals surface area contributed by atoms with Gasteiger partial charge in [-0.05, 0) is 0 Å². The quantitative estimate of drug-likeness (QED) is 0.263. The molecule has 0 radical (unpaired) electrons. The fraction of sp³-hybridized carbons (Fsp3) is 0. The van der Waals surface area contributed by atoms with Gasteiger partial charge in [-0.1, -0.05) is 0 Å². The Labute approximate surface area is 137 Å². The number of hydrogen-bond acceptors (Lipinski definition) is 9. The average molecular weight is 428 g/mol. The molecule has 0 saturated heterocycles. The van der Waals surface area contributed by atoms with Crippen molar-refractivity contribution in [1.29, 1.82) is 0 Å². The van der Waals surface area contributed by atoms with Crippen LogP contribution < -0.4 is 0 Å². The first kappa shape index (κ1) is 68.1. The maximum atomic E-state index is 8.25. The first-order valence-electron chi connectivity index (χ1n) is 1.64. The van der Waals surface area contributed by atoms with Crippen molar-refractivity contribution in [2.75, 3.05) is 0 Å². The predicted octanol–water partition coefficient (Wildman–Crippen LogP) is -4.84. The van der Waals surface area contributed by atoms with Gasteiger partial charge in [0, 0.05) is 0 Å². The number of nitrogens with zero attached hydrogens (tertiary/aromatic N) is 3. The van der Waals surface area contributed by atoms with Gasteiger partial charge < -0.3 is 73.3 Å². The van der Waals surface area contributed by atoms with E-state index in [2.05, 4.69) is 0 Å². The van der Waals surface area contributed by atoms with Gasteiger partial charge in [0.15, 0.2) is 0 Å². The van der Waals surface area contributed by atoms with Crippen LogP contribution in [0.4, 0.5) is 0 Å². The average Bonchev–Trinajstić information content (AvgIpc) is 1.54. The van der Waals surface area contributed by atoms with Crippen LogP contribution in [-0.4, -0.2) is 42.6 Å². The molecule has 0 aromatic heterocycles. The zero-order valence-electron chi connectivity index (χ0n) is 7.89. The summed E-state index contributed by atoms with van der Waals surface area (Å²) >= 11 is 0. The Morgan fingerprint density at radius 1 is 0.444 bits per heavy atom. The Bertz CT molecular complexity index is 115. The van der Waals surface area contributed by atoms with E-state index in [4.69, 9.17) is 46.0 Å². The summed E-state index contributed by atoms with van der Waals surface area (Å²) < 4.78 is 0. The molecular weight excluding hydrogens is 418 g/mol. The Morgan fingerprint density at radius 3 is 0.444 bits per heavy atom. The molecule has 18 heavy (non-hydrogen) atoms. The molecular formula is H10EuN3O14. The molecule has 10 N–H and O–H groups in total. The Balaban J connectivity index is -0.00000000827. The molecule has 0 aromatic carbocycles. The van der Waals surface area contributed by atoms with Gasteiger partial charge in [0.1, 0.15) is 0 Å².